The lowest BCUT2D eigenvalue weighted by molar-refractivity contribution is -0.0467. The van der Waals surface area contributed by atoms with Gasteiger partial charge in [-0.25, -0.2) is 4.98 Å². The first-order chi connectivity index (χ1) is 8.19. The summed E-state index contributed by atoms with van der Waals surface area (Å²) in [6.07, 6.45) is 10.8. The molecule has 96 valence electrons. The van der Waals surface area contributed by atoms with Gasteiger partial charge in [0.2, 0.25) is 0 Å². The van der Waals surface area contributed by atoms with Gasteiger partial charge >= 0.3 is 0 Å². The maximum atomic E-state index is 6.42. The summed E-state index contributed by atoms with van der Waals surface area (Å²) in [7, 11) is 3.77. The molecule has 0 saturated heterocycles. The van der Waals surface area contributed by atoms with E-state index in [1.165, 1.54) is 25.7 Å². The van der Waals surface area contributed by atoms with Crippen molar-refractivity contribution in [3.05, 3.63) is 18.2 Å². The molecule has 2 N–H and O–H groups in total. The zero-order chi connectivity index (χ0) is 12.3. The Kier molecular flexibility index (Phi) is 3.84. The van der Waals surface area contributed by atoms with Crippen molar-refractivity contribution in [3.63, 3.8) is 0 Å². The maximum absolute atomic E-state index is 6.42. The summed E-state index contributed by atoms with van der Waals surface area (Å²) in [5.74, 6) is 0.925. The number of methoxy groups -OCH3 is 1. The van der Waals surface area contributed by atoms with Gasteiger partial charge < -0.3 is 15.0 Å². The molecular weight excluding hydrogens is 214 g/mol. The molecule has 4 nitrogen and oxygen atoms in total. The van der Waals surface area contributed by atoms with Crippen LogP contribution in [-0.2, 0) is 11.8 Å². The molecule has 0 amide bonds. The third-order valence-corrected chi connectivity index (χ3v) is 4.06. The van der Waals surface area contributed by atoms with Crippen molar-refractivity contribution >= 4 is 0 Å². The number of hydrogen-bond donors (Lipinski definition) is 1. The van der Waals surface area contributed by atoms with Gasteiger partial charge in [0.05, 0.1) is 11.6 Å². The molecular formula is C13H23N3O. The Hall–Kier alpha value is -0.870. The summed E-state index contributed by atoms with van der Waals surface area (Å²) in [5, 5.41) is 0. The summed E-state index contributed by atoms with van der Waals surface area (Å²) in [6, 6.07) is -0.134. The van der Waals surface area contributed by atoms with E-state index in [1.54, 1.807) is 13.3 Å². The van der Waals surface area contributed by atoms with E-state index in [9.17, 15) is 0 Å². The number of imidazole rings is 1. The number of nitrogens with zero attached hydrogens (tertiary/aromatic N) is 2. The van der Waals surface area contributed by atoms with Crippen LogP contribution in [-0.4, -0.2) is 22.3 Å². The predicted molar refractivity (Wildman–Crippen MR) is 67.6 cm³/mol. The lowest BCUT2D eigenvalue weighted by Gasteiger charge is -2.36. The van der Waals surface area contributed by atoms with Crippen LogP contribution in [0.15, 0.2) is 12.4 Å². The number of aryl methyl sites for hydroxylation is 1. The van der Waals surface area contributed by atoms with E-state index in [4.69, 9.17) is 10.5 Å². The summed E-state index contributed by atoms with van der Waals surface area (Å²) in [6.45, 7) is 0. The molecule has 0 spiro atoms. The van der Waals surface area contributed by atoms with Crippen molar-refractivity contribution in [2.24, 2.45) is 12.8 Å². The average Bonchev–Trinajstić information content (AvgIpc) is 2.64. The normalized spacial score (nSPS) is 22.1. The monoisotopic (exact) mass is 237 g/mol. The Morgan fingerprint density at radius 2 is 2.00 bits per heavy atom. The highest BCUT2D eigenvalue weighted by Crippen LogP contribution is 2.38. The topological polar surface area (TPSA) is 53.1 Å². The molecule has 1 saturated carbocycles. The highest BCUT2D eigenvalue weighted by atomic mass is 16.5. The van der Waals surface area contributed by atoms with Crippen LogP contribution >= 0.6 is 0 Å². The number of ether oxygens (including phenoxy) is 1. The van der Waals surface area contributed by atoms with Gasteiger partial charge in [-0.1, -0.05) is 25.7 Å². The van der Waals surface area contributed by atoms with Gasteiger partial charge in [-0.3, -0.25) is 0 Å². The molecule has 1 aliphatic rings. The van der Waals surface area contributed by atoms with Crippen LogP contribution in [0.25, 0.3) is 0 Å². The Morgan fingerprint density at radius 3 is 2.47 bits per heavy atom. The molecule has 0 radical (unpaired) electrons. The van der Waals surface area contributed by atoms with Gasteiger partial charge in [-0.15, -0.1) is 0 Å². The average molecular weight is 237 g/mol. The van der Waals surface area contributed by atoms with E-state index in [2.05, 4.69) is 4.98 Å². The van der Waals surface area contributed by atoms with E-state index >= 15 is 0 Å². The largest absolute Gasteiger partial charge is 0.376 e. The summed E-state index contributed by atoms with van der Waals surface area (Å²) in [4.78, 5) is 4.37. The van der Waals surface area contributed by atoms with Gasteiger partial charge in [0, 0.05) is 26.6 Å². The third-order valence-electron chi connectivity index (χ3n) is 4.06. The first-order valence-electron chi connectivity index (χ1n) is 6.47. The Labute approximate surface area is 103 Å². The molecule has 0 aromatic carbocycles. The molecule has 17 heavy (non-hydrogen) atoms. The predicted octanol–water partition coefficient (Wildman–Crippen LogP) is 2.16. The maximum Gasteiger partial charge on any atom is 0.128 e. The minimum Gasteiger partial charge on any atom is -0.376 e. The molecule has 1 aliphatic carbocycles. The lowest BCUT2D eigenvalue weighted by Crippen LogP contribution is -2.43. The molecule has 4 heteroatoms. The zero-order valence-corrected chi connectivity index (χ0v) is 10.9. The second-order valence-electron chi connectivity index (χ2n) is 5.06. The number of hydrogen-bond acceptors (Lipinski definition) is 3. The van der Waals surface area contributed by atoms with E-state index in [-0.39, 0.29) is 11.6 Å². The molecule has 0 bridgehead atoms. The van der Waals surface area contributed by atoms with E-state index in [0.29, 0.717) is 0 Å². The van der Waals surface area contributed by atoms with Gasteiger partial charge in [-0.2, -0.15) is 0 Å². The van der Waals surface area contributed by atoms with E-state index in [0.717, 1.165) is 18.7 Å². The summed E-state index contributed by atoms with van der Waals surface area (Å²) < 4.78 is 7.82. The molecule has 1 fully saturated rings. The fraction of sp³-hybridized carbons (Fsp3) is 0.769. The minimum absolute atomic E-state index is 0.134. The summed E-state index contributed by atoms with van der Waals surface area (Å²) in [5.41, 5.74) is 6.20. The van der Waals surface area contributed by atoms with Crippen LogP contribution in [0, 0.1) is 0 Å². The van der Waals surface area contributed by atoms with E-state index < -0.39 is 0 Å². The SMILES string of the molecule is COC1(C(N)c2nccn2C)CCCCCC1. The molecule has 0 aliphatic heterocycles. The Morgan fingerprint density at radius 1 is 1.35 bits per heavy atom. The zero-order valence-electron chi connectivity index (χ0n) is 10.9. The van der Waals surface area contributed by atoms with Crippen LogP contribution in [0.3, 0.4) is 0 Å². The summed E-state index contributed by atoms with van der Waals surface area (Å²) >= 11 is 0. The molecule has 1 unspecified atom stereocenters. The number of rotatable bonds is 3. The van der Waals surface area contributed by atoms with Crippen molar-refractivity contribution in [1.29, 1.82) is 0 Å². The molecule has 1 aromatic rings. The van der Waals surface area contributed by atoms with Crippen molar-refractivity contribution in [1.82, 2.24) is 9.55 Å². The smallest absolute Gasteiger partial charge is 0.128 e. The van der Waals surface area contributed by atoms with Crippen molar-refractivity contribution in [3.8, 4) is 0 Å². The number of nitrogens with two attached hydrogens (primary N) is 1. The van der Waals surface area contributed by atoms with Gasteiger partial charge in [0.25, 0.3) is 0 Å². The second-order valence-corrected chi connectivity index (χ2v) is 5.06. The fourth-order valence-electron chi connectivity index (χ4n) is 2.88. The number of aromatic nitrogens is 2. The molecule has 1 heterocycles. The highest BCUT2D eigenvalue weighted by molar-refractivity contribution is 5.07. The standard InChI is InChI=1S/C13H23N3O/c1-16-10-9-15-12(16)11(14)13(17-2)7-5-3-4-6-8-13/h9-11H,3-8,14H2,1-2H3. The Balaban J connectivity index is 2.24. The van der Waals surface area contributed by atoms with Crippen LogP contribution in [0.1, 0.15) is 50.4 Å². The highest BCUT2D eigenvalue weighted by Gasteiger charge is 2.39. The lowest BCUT2D eigenvalue weighted by atomic mass is 9.86. The van der Waals surface area contributed by atoms with Crippen LogP contribution < -0.4 is 5.73 Å². The molecule has 1 aromatic heterocycles. The van der Waals surface area contributed by atoms with Crippen molar-refractivity contribution < 1.29 is 4.74 Å². The van der Waals surface area contributed by atoms with Crippen LogP contribution in [0.2, 0.25) is 0 Å². The second kappa shape index (κ2) is 5.19. The quantitative estimate of drug-likeness (QED) is 0.820. The fourth-order valence-corrected chi connectivity index (χ4v) is 2.88. The van der Waals surface area contributed by atoms with Crippen molar-refractivity contribution in [2.75, 3.05) is 7.11 Å². The van der Waals surface area contributed by atoms with Gasteiger partial charge in [0.15, 0.2) is 0 Å². The van der Waals surface area contributed by atoms with E-state index in [1.807, 2.05) is 17.8 Å². The first-order valence-corrected chi connectivity index (χ1v) is 6.47. The van der Waals surface area contributed by atoms with Crippen LogP contribution in [0.5, 0.6) is 0 Å². The minimum atomic E-state index is -0.227. The first kappa shape index (κ1) is 12.6. The van der Waals surface area contributed by atoms with Crippen molar-refractivity contribution in [2.45, 2.75) is 50.2 Å². The molecule has 1 atom stereocenters. The van der Waals surface area contributed by atoms with Gasteiger partial charge in [-0.05, 0) is 12.8 Å². The Bertz CT molecular complexity index is 353. The van der Waals surface area contributed by atoms with Gasteiger partial charge in [0.1, 0.15) is 5.82 Å². The molecule has 2 rings (SSSR count). The van der Waals surface area contributed by atoms with Crippen LogP contribution in [0.4, 0.5) is 0 Å². The third kappa shape index (κ3) is 2.38.